The maximum atomic E-state index is 12.4. The number of benzene rings is 1. The minimum absolute atomic E-state index is 0.139. The van der Waals surface area contributed by atoms with Crippen LogP contribution in [0.5, 0.6) is 0 Å². The van der Waals surface area contributed by atoms with Crippen molar-refractivity contribution in [3.8, 4) is 0 Å². The third-order valence-corrected chi connectivity index (χ3v) is 9.21. The summed E-state index contributed by atoms with van der Waals surface area (Å²) in [6.07, 6.45) is 3.16. The summed E-state index contributed by atoms with van der Waals surface area (Å²) in [4.78, 5) is 12.4. The number of carbonyl (C=O) groups excluding carboxylic acids is 1. The Bertz CT molecular complexity index is 652. The SMILES string of the molecule is CC(C)(C)[Si](C)(C)OCCCC(=O)n1ccc2ccccc21. The van der Waals surface area contributed by atoms with Crippen LogP contribution in [0.2, 0.25) is 18.1 Å². The molecule has 3 nitrogen and oxygen atoms in total. The lowest BCUT2D eigenvalue weighted by Gasteiger charge is -2.36. The minimum Gasteiger partial charge on any atom is -0.417 e. The van der Waals surface area contributed by atoms with Gasteiger partial charge in [0, 0.05) is 24.6 Å². The summed E-state index contributed by atoms with van der Waals surface area (Å²) < 4.78 is 7.88. The highest BCUT2D eigenvalue weighted by molar-refractivity contribution is 6.74. The number of para-hydroxylation sites is 1. The lowest BCUT2D eigenvalue weighted by molar-refractivity contribution is 0.0897. The number of aromatic nitrogens is 1. The Morgan fingerprint density at radius 2 is 1.86 bits per heavy atom. The smallest absolute Gasteiger partial charge is 0.231 e. The molecule has 0 bridgehead atoms. The van der Waals surface area contributed by atoms with E-state index in [0.717, 1.165) is 17.3 Å². The van der Waals surface area contributed by atoms with Gasteiger partial charge < -0.3 is 4.43 Å². The summed E-state index contributed by atoms with van der Waals surface area (Å²) in [6, 6.07) is 9.95. The molecule has 0 atom stereocenters. The number of hydrogen-bond donors (Lipinski definition) is 0. The topological polar surface area (TPSA) is 31.2 Å². The molecule has 0 fully saturated rings. The second kappa shape index (κ2) is 6.38. The fourth-order valence-corrected chi connectivity index (χ4v) is 3.28. The first-order valence-electron chi connectivity index (χ1n) is 7.96. The molecule has 0 unspecified atom stereocenters. The van der Waals surface area contributed by atoms with Crippen molar-refractivity contribution in [2.45, 2.75) is 51.7 Å². The number of fused-ring (bicyclic) bond motifs is 1. The number of carbonyl (C=O) groups is 1. The van der Waals surface area contributed by atoms with Crippen LogP contribution >= 0.6 is 0 Å². The van der Waals surface area contributed by atoms with E-state index in [1.54, 1.807) is 4.57 Å². The van der Waals surface area contributed by atoms with Gasteiger partial charge in [-0.05, 0) is 36.7 Å². The van der Waals surface area contributed by atoms with Gasteiger partial charge in [-0.15, -0.1) is 0 Å². The van der Waals surface area contributed by atoms with Crippen LogP contribution in [-0.2, 0) is 4.43 Å². The van der Waals surface area contributed by atoms with Crippen LogP contribution in [0.4, 0.5) is 0 Å². The van der Waals surface area contributed by atoms with Crippen LogP contribution in [0.25, 0.3) is 10.9 Å². The Labute approximate surface area is 134 Å². The second-order valence-electron chi connectivity index (χ2n) is 7.35. The largest absolute Gasteiger partial charge is 0.417 e. The average molecular weight is 318 g/mol. The third-order valence-electron chi connectivity index (χ3n) is 4.67. The molecule has 0 saturated carbocycles. The maximum absolute atomic E-state index is 12.4. The molecule has 0 radical (unpaired) electrons. The molecular weight excluding hydrogens is 290 g/mol. The van der Waals surface area contributed by atoms with E-state index in [4.69, 9.17) is 4.43 Å². The normalized spacial score (nSPS) is 12.8. The second-order valence-corrected chi connectivity index (χ2v) is 12.2. The van der Waals surface area contributed by atoms with Gasteiger partial charge in [-0.1, -0.05) is 39.0 Å². The lowest BCUT2D eigenvalue weighted by Crippen LogP contribution is -2.41. The summed E-state index contributed by atoms with van der Waals surface area (Å²) in [5, 5.41) is 1.32. The molecule has 22 heavy (non-hydrogen) atoms. The van der Waals surface area contributed by atoms with Gasteiger partial charge >= 0.3 is 0 Å². The Balaban J connectivity index is 1.89. The van der Waals surface area contributed by atoms with E-state index < -0.39 is 8.32 Å². The van der Waals surface area contributed by atoms with E-state index in [9.17, 15) is 4.79 Å². The molecule has 0 aliphatic heterocycles. The van der Waals surface area contributed by atoms with Crippen molar-refractivity contribution < 1.29 is 9.22 Å². The summed E-state index contributed by atoms with van der Waals surface area (Å²) in [7, 11) is -1.70. The van der Waals surface area contributed by atoms with Gasteiger partial charge in [0.2, 0.25) is 5.91 Å². The number of rotatable bonds is 5. The minimum atomic E-state index is -1.70. The molecule has 1 aromatic heterocycles. The third kappa shape index (κ3) is 3.68. The van der Waals surface area contributed by atoms with Crippen molar-refractivity contribution in [1.82, 2.24) is 4.57 Å². The molecule has 0 aliphatic carbocycles. The molecule has 0 spiro atoms. The van der Waals surface area contributed by atoms with E-state index >= 15 is 0 Å². The Kier molecular flexibility index (Phi) is 4.92. The molecule has 0 amide bonds. The van der Waals surface area contributed by atoms with Crippen LogP contribution in [0.15, 0.2) is 36.5 Å². The van der Waals surface area contributed by atoms with Crippen molar-refractivity contribution >= 4 is 25.1 Å². The van der Waals surface area contributed by atoms with Crippen molar-refractivity contribution in [3.63, 3.8) is 0 Å². The molecule has 2 rings (SSSR count). The van der Waals surface area contributed by atoms with Crippen molar-refractivity contribution in [2.75, 3.05) is 6.61 Å². The van der Waals surface area contributed by atoms with Gasteiger partial charge in [-0.25, -0.2) is 0 Å². The standard InChI is InChI=1S/C18H27NO2Si/c1-18(2,3)22(4,5)21-14-8-11-17(20)19-13-12-15-9-6-7-10-16(15)19/h6-7,9-10,12-13H,8,11,14H2,1-5H3. The Hall–Kier alpha value is -1.39. The van der Waals surface area contributed by atoms with Gasteiger partial charge in [0.15, 0.2) is 8.32 Å². The Morgan fingerprint density at radius 1 is 1.18 bits per heavy atom. The molecule has 0 saturated heterocycles. The molecule has 1 heterocycles. The molecule has 120 valence electrons. The van der Waals surface area contributed by atoms with Gasteiger partial charge in [0.25, 0.3) is 0 Å². The zero-order valence-electron chi connectivity index (χ0n) is 14.3. The van der Waals surface area contributed by atoms with Gasteiger partial charge in [-0.3, -0.25) is 9.36 Å². The predicted octanol–water partition coefficient (Wildman–Crippen LogP) is 5.08. The van der Waals surface area contributed by atoms with E-state index in [0.29, 0.717) is 13.0 Å². The van der Waals surface area contributed by atoms with E-state index in [2.05, 4.69) is 33.9 Å². The molecular formula is C18H27NO2Si. The maximum Gasteiger partial charge on any atom is 0.231 e. The number of nitrogens with zero attached hydrogens (tertiary/aromatic N) is 1. The van der Waals surface area contributed by atoms with Crippen molar-refractivity contribution in [2.24, 2.45) is 0 Å². The summed E-state index contributed by atoms with van der Waals surface area (Å²) >= 11 is 0. The molecule has 2 aromatic rings. The van der Waals surface area contributed by atoms with Gasteiger partial charge in [-0.2, -0.15) is 0 Å². The van der Waals surface area contributed by atoms with Crippen molar-refractivity contribution in [3.05, 3.63) is 36.5 Å². The van der Waals surface area contributed by atoms with Gasteiger partial charge in [0.1, 0.15) is 0 Å². The monoisotopic (exact) mass is 317 g/mol. The first-order chi connectivity index (χ1) is 10.2. The van der Waals surface area contributed by atoms with E-state index in [-0.39, 0.29) is 10.9 Å². The molecule has 1 aromatic carbocycles. The van der Waals surface area contributed by atoms with Crippen LogP contribution in [0.3, 0.4) is 0 Å². The van der Waals surface area contributed by atoms with Gasteiger partial charge in [0.05, 0.1) is 5.52 Å². The molecule has 4 heteroatoms. The zero-order chi connectivity index (χ0) is 16.4. The fraction of sp³-hybridized carbons (Fsp3) is 0.500. The first-order valence-corrected chi connectivity index (χ1v) is 10.9. The number of hydrogen-bond acceptors (Lipinski definition) is 2. The van der Waals surface area contributed by atoms with Crippen LogP contribution in [-0.4, -0.2) is 25.4 Å². The van der Waals surface area contributed by atoms with Crippen LogP contribution < -0.4 is 0 Å². The van der Waals surface area contributed by atoms with Crippen LogP contribution in [0.1, 0.15) is 38.4 Å². The van der Waals surface area contributed by atoms with Crippen molar-refractivity contribution in [1.29, 1.82) is 0 Å². The molecule has 0 N–H and O–H groups in total. The fourth-order valence-electron chi connectivity index (χ4n) is 2.19. The highest BCUT2D eigenvalue weighted by atomic mass is 28.4. The highest BCUT2D eigenvalue weighted by Crippen LogP contribution is 2.36. The lowest BCUT2D eigenvalue weighted by atomic mass is 10.2. The first kappa shape index (κ1) is 17.0. The van der Waals surface area contributed by atoms with E-state index in [1.807, 2.05) is 36.5 Å². The van der Waals surface area contributed by atoms with E-state index in [1.165, 1.54) is 0 Å². The highest BCUT2D eigenvalue weighted by Gasteiger charge is 2.36. The Morgan fingerprint density at radius 3 is 2.55 bits per heavy atom. The van der Waals surface area contributed by atoms with Crippen LogP contribution in [0, 0.1) is 0 Å². The predicted molar refractivity (Wildman–Crippen MR) is 94.9 cm³/mol. The zero-order valence-corrected chi connectivity index (χ0v) is 15.3. The average Bonchev–Trinajstić information content (AvgIpc) is 2.86. The quantitative estimate of drug-likeness (QED) is 0.568. The summed E-state index contributed by atoms with van der Waals surface area (Å²) in [5.41, 5.74) is 0.984. The molecule has 0 aliphatic rings. The summed E-state index contributed by atoms with van der Waals surface area (Å²) in [5.74, 6) is 0.139. The summed E-state index contributed by atoms with van der Waals surface area (Å²) in [6.45, 7) is 11.9.